The summed E-state index contributed by atoms with van der Waals surface area (Å²) in [5.74, 6) is -0.871. The first-order chi connectivity index (χ1) is 7.77. The maximum Gasteiger partial charge on any atom is 0.337 e. The van der Waals surface area contributed by atoms with Crippen LogP contribution in [0.25, 0.3) is 0 Å². The zero-order chi connectivity index (χ0) is 11.4. The highest BCUT2D eigenvalue weighted by Crippen LogP contribution is 2.10. The van der Waals surface area contributed by atoms with E-state index in [-0.39, 0.29) is 0 Å². The molecule has 0 saturated heterocycles. The Morgan fingerprint density at radius 1 is 1.12 bits per heavy atom. The molecule has 16 heavy (non-hydrogen) atoms. The summed E-state index contributed by atoms with van der Waals surface area (Å²) in [6, 6.07) is 11.6. The fraction of sp³-hybridized carbons (Fsp3) is 0.154. The number of hydrogen-bond acceptors (Lipinski definition) is 1. The number of carbonyl (C=O) groups is 1. The van der Waals surface area contributed by atoms with Crippen LogP contribution in [0.2, 0.25) is 0 Å². The van der Waals surface area contributed by atoms with Crippen LogP contribution in [-0.2, 0) is 12.8 Å². The van der Waals surface area contributed by atoms with Crippen molar-refractivity contribution in [1.29, 1.82) is 0 Å². The Bertz CT molecular complexity index is 474. The number of carboxylic acids is 1. The average molecular weight is 215 g/mol. The summed E-state index contributed by atoms with van der Waals surface area (Å²) in [5.41, 5.74) is 2.38. The van der Waals surface area contributed by atoms with E-state index in [1.165, 1.54) is 5.56 Å². The van der Waals surface area contributed by atoms with Gasteiger partial charge in [0.25, 0.3) is 0 Å². The predicted molar refractivity (Wildman–Crippen MR) is 61.6 cm³/mol. The van der Waals surface area contributed by atoms with Gasteiger partial charge in [0, 0.05) is 11.9 Å². The Labute approximate surface area is 93.7 Å². The van der Waals surface area contributed by atoms with Crippen LogP contribution in [0.5, 0.6) is 0 Å². The van der Waals surface area contributed by atoms with Crippen LogP contribution in [0.15, 0.2) is 42.6 Å². The number of benzene rings is 1. The molecule has 1 aromatic carbocycles. The lowest BCUT2D eigenvalue weighted by Gasteiger charge is -2.01. The van der Waals surface area contributed by atoms with Gasteiger partial charge in [-0.25, -0.2) is 4.79 Å². The minimum Gasteiger partial charge on any atom is -0.478 e. The lowest BCUT2D eigenvalue weighted by Crippen LogP contribution is -2.01. The van der Waals surface area contributed by atoms with Crippen molar-refractivity contribution in [2.45, 2.75) is 12.8 Å². The number of aromatic amines is 1. The monoisotopic (exact) mass is 215 g/mol. The molecule has 3 heteroatoms. The van der Waals surface area contributed by atoms with Crippen LogP contribution in [0.1, 0.15) is 21.6 Å². The van der Waals surface area contributed by atoms with Crippen molar-refractivity contribution in [3.05, 3.63) is 59.4 Å². The van der Waals surface area contributed by atoms with Gasteiger partial charge in [0.15, 0.2) is 0 Å². The van der Waals surface area contributed by atoms with Gasteiger partial charge in [0.2, 0.25) is 0 Å². The summed E-state index contributed by atoms with van der Waals surface area (Å²) >= 11 is 0. The Hall–Kier alpha value is -2.03. The maximum atomic E-state index is 10.9. The number of rotatable bonds is 4. The Morgan fingerprint density at radius 2 is 1.88 bits per heavy atom. The summed E-state index contributed by atoms with van der Waals surface area (Å²) in [6.07, 6.45) is 3.24. The van der Waals surface area contributed by atoms with Crippen LogP contribution in [0, 0.1) is 0 Å². The largest absolute Gasteiger partial charge is 0.478 e. The Kier molecular flexibility index (Phi) is 3.05. The van der Waals surface area contributed by atoms with E-state index < -0.39 is 5.97 Å². The van der Waals surface area contributed by atoms with E-state index in [0.717, 1.165) is 18.5 Å². The first-order valence-electron chi connectivity index (χ1n) is 5.21. The number of aromatic carboxylic acids is 1. The van der Waals surface area contributed by atoms with Crippen molar-refractivity contribution in [1.82, 2.24) is 4.98 Å². The molecule has 82 valence electrons. The minimum atomic E-state index is -0.871. The van der Waals surface area contributed by atoms with E-state index >= 15 is 0 Å². The molecule has 2 rings (SSSR count). The highest BCUT2D eigenvalue weighted by molar-refractivity contribution is 5.88. The van der Waals surface area contributed by atoms with Crippen LogP contribution in [-0.4, -0.2) is 16.1 Å². The van der Waals surface area contributed by atoms with Gasteiger partial charge in [-0.1, -0.05) is 30.3 Å². The third-order valence-electron chi connectivity index (χ3n) is 2.57. The molecule has 0 bridgehead atoms. The summed E-state index contributed by atoms with van der Waals surface area (Å²) in [6.45, 7) is 0. The molecule has 0 aliphatic carbocycles. The van der Waals surface area contributed by atoms with Crippen molar-refractivity contribution < 1.29 is 9.90 Å². The van der Waals surface area contributed by atoms with E-state index in [0.29, 0.717) is 5.56 Å². The van der Waals surface area contributed by atoms with E-state index in [1.807, 2.05) is 30.3 Å². The van der Waals surface area contributed by atoms with E-state index in [9.17, 15) is 4.79 Å². The fourth-order valence-electron chi connectivity index (χ4n) is 1.73. The second kappa shape index (κ2) is 4.66. The topological polar surface area (TPSA) is 53.1 Å². The van der Waals surface area contributed by atoms with Crippen molar-refractivity contribution >= 4 is 5.97 Å². The van der Waals surface area contributed by atoms with Crippen molar-refractivity contribution in [3.63, 3.8) is 0 Å². The standard InChI is InChI=1S/C13H13NO2/c15-13(16)11-8-9-14-12(11)7-6-10-4-2-1-3-5-10/h1-5,8-9,14H,6-7H2,(H,15,16). The Morgan fingerprint density at radius 3 is 2.56 bits per heavy atom. The predicted octanol–water partition coefficient (Wildman–Crippen LogP) is 2.50. The zero-order valence-corrected chi connectivity index (χ0v) is 8.81. The molecule has 0 atom stereocenters. The SMILES string of the molecule is O=C(O)c1cc[nH]c1CCc1ccccc1. The quantitative estimate of drug-likeness (QED) is 0.823. The van der Waals surface area contributed by atoms with Crippen LogP contribution in [0.4, 0.5) is 0 Å². The first-order valence-corrected chi connectivity index (χ1v) is 5.21. The lowest BCUT2D eigenvalue weighted by atomic mass is 10.1. The molecule has 1 heterocycles. The Balaban J connectivity index is 2.05. The highest BCUT2D eigenvalue weighted by Gasteiger charge is 2.10. The molecule has 0 aliphatic heterocycles. The molecule has 0 saturated carbocycles. The molecule has 3 nitrogen and oxygen atoms in total. The third-order valence-corrected chi connectivity index (χ3v) is 2.57. The number of H-pyrrole nitrogens is 1. The molecule has 2 aromatic rings. The summed E-state index contributed by atoms with van der Waals surface area (Å²) in [5, 5.41) is 8.93. The molecule has 1 aromatic heterocycles. The molecule has 0 amide bonds. The van der Waals surface area contributed by atoms with Gasteiger partial charge >= 0.3 is 5.97 Å². The molecule has 0 spiro atoms. The van der Waals surface area contributed by atoms with Gasteiger partial charge in [-0.3, -0.25) is 0 Å². The van der Waals surface area contributed by atoms with Gasteiger partial charge in [0.1, 0.15) is 0 Å². The van der Waals surface area contributed by atoms with Gasteiger partial charge in [-0.2, -0.15) is 0 Å². The number of aromatic nitrogens is 1. The zero-order valence-electron chi connectivity index (χ0n) is 8.81. The van der Waals surface area contributed by atoms with Crippen LogP contribution >= 0.6 is 0 Å². The smallest absolute Gasteiger partial charge is 0.337 e. The molecular weight excluding hydrogens is 202 g/mol. The minimum absolute atomic E-state index is 0.371. The second-order valence-electron chi connectivity index (χ2n) is 3.66. The molecular formula is C13H13NO2. The number of hydrogen-bond donors (Lipinski definition) is 2. The molecule has 0 fully saturated rings. The fourth-order valence-corrected chi connectivity index (χ4v) is 1.73. The molecule has 2 N–H and O–H groups in total. The molecule has 0 aliphatic rings. The number of nitrogens with one attached hydrogen (secondary N) is 1. The summed E-state index contributed by atoms with van der Waals surface area (Å²) in [4.78, 5) is 13.9. The average Bonchev–Trinajstić information content (AvgIpc) is 2.76. The van der Waals surface area contributed by atoms with Gasteiger partial charge in [0.05, 0.1) is 5.56 Å². The van der Waals surface area contributed by atoms with Gasteiger partial charge in [-0.05, 0) is 24.5 Å². The lowest BCUT2D eigenvalue weighted by molar-refractivity contribution is 0.0696. The highest BCUT2D eigenvalue weighted by atomic mass is 16.4. The number of aryl methyl sites for hydroxylation is 2. The van der Waals surface area contributed by atoms with Crippen molar-refractivity contribution in [3.8, 4) is 0 Å². The maximum absolute atomic E-state index is 10.9. The van der Waals surface area contributed by atoms with Crippen LogP contribution in [0.3, 0.4) is 0 Å². The van der Waals surface area contributed by atoms with Crippen LogP contribution < -0.4 is 0 Å². The third kappa shape index (κ3) is 2.31. The first kappa shape index (κ1) is 10.5. The van der Waals surface area contributed by atoms with Gasteiger partial charge in [-0.15, -0.1) is 0 Å². The van der Waals surface area contributed by atoms with E-state index in [1.54, 1.807) is 12.3 Å². The molecule has 0 unspecified atom stereocenters. The van der Waals surface area contributed by atoms with Crippen molar-refractivity contribution in [2.24, 2.45) is 0 Å². The van der Waals surface area contributed by atoms with Crippen molar-refractivity contribution in [2.75, 3.05) is 0 Å². The van der Waals surface area contributed by atoms with E-state index in [4.69, 9.17) is 5.11 Å². The van der Waals surface area contributed by atoms with Gasteiger partial charge < -0.3 is 10.1 Å². The molecule has 0 radical (unpaired) electrons. The number of carboxylic acid groups (broad SMARTS) is 1. The normalized spacial score (nSPS) is 10.2. The summed E-state index contributed by atoms with van der Waals surface area (Å²) in [7, 11) is 0. The van der Waals surface area contributed by atoms with E-state index in [2.05, 4.69) is 4.98 Å². The second-order valence-corrected chi connectivity index (χ2v) is 3.66. The summed E-state index contributed by atoms with van der Waals surface area (Å²) < 4.78 is 0.